The van der Waals surface area contributed by atoms with E-state index in [2.05, 4.69) is 19.6 Å². The fraction of sp³-hybridized carbons (Fsp3) is 1.00. The Kier molecular flexibility index (Phi) is 10.7. The van der Waals surface area contributed by atoms with E-state index in [1.54, 1.807) is 0 Å². The Morgan fingerprint density at radius 3 is 1.64 bits per heavy atom. The highest BCUT2D eigenvalue weighted by Gasteiger charge is 1.89. The van der Waals surface area contributed by atoms with Gasteiger partial charge in [-0.05, 0) is 12.2 Å². The van der Waals surface area contributed by atoms with Crippen LogP contribution in [0.2, 0.25) is 0 Å². The number of rotatable bonds is 8. The second-order valence-corrected chi connectivity index (χ2v) is 3.65. The van der Waals surface area contributed by atoms with Crippen LogP contribution in [-0.4, -0.2) is 5.75 Å². The second kappa shape index (κ2) is 10.3. The van der Waals surface area contributed by atoms with Crippen molar-refractivity contribution in [1.29, 1.82) is 0 Å². The predicted octanol–water partition coefficient (Wildman–Crippen LogP) is 4.06. The van der Waals surface area contributed by atoms with Gasteiger partial charge in [-0.1, -0.05) is 51.9 Å². The molecule has 0 unspecified atom stereocenters. The molecule has 0 radical (unpaired) electrons. The molecule has 68 valence electrons. The summed E-state index contributed by atoms with van der Waals surface area (Å²) in [6, 6.07) is 0. The van der Waals surface area contributed by atoms with Crippen molar-refractivity contribution in [2.75, 3.05) is 5.75 Å². The Balaban J connectivity index is 2.69. The maximum Gasteiger partial charge on any atom is -0.00979 e. The maximum absolute atomic E-state index is 4.18. The summed E-state index contributed by atoms with van der Waals surface area (Å²) in [6.45, 7) is 2.26. The molecular weight excluding hydrogens is 152 g/mol. The van der Waals surface area contributed by atoms with Crippen LogP contribution in [0.4, 0.5) is 0 Å². The van der Waals surface area contributed by atoms with Crippen LogP contribution in [0.3, 0.4) is 0 Å². The quantitative estimate of drug-likeness (QED) is 0.416. The third-order valence-corrected chi connectivity index (χ3v) is 2.33. The monoisotopic (exact) mass is 174 g/mol. The molecule has 0 aromatic carbocycles. The van der Waals surface area contributed by atoms with Crippen LogP contribution in [0.5, 0.6) is 0 Å². The summed E-state index contributed by atoms with van der Waals surface area (Å²) in [7, 11) is 0. The molecule has 11 heavy (non-hydrogen) atoms. The summed E-state index contributed by atoms with van der Waals surface area (Å²) in [5.74, 6) is 1.06. The van der Waals surface area contributed by atoms with Gasteiger partial charge in [0.25, 0.3) is 0 Å². The molecule has 0 heterocycles. The minimum absolute atomic E-state index is 1.06. The predicted molar refractivity (Wildman–Crippen MR) is 56.5 cm³/mol. The van der Waals surface area contributed by atoms with E-state index in [0.717, 1.165) is 5.75 Å². The molecular formula is C10H22S. The minimum Gasteiger partial charge on any atom is -0.179 e. The molecule has 0 N–H and O–H groups in total. The molecule has 0 aliphatic heterocycles. The molecule has 0 spiro atoms. The molecule has 0 bridgehead atoms. The van der Waals surface area contributed by atoms with Gasteiger partial charge in [0.15, 0.2) is 0 Å². The van der Waals surface area contributed by atoms with Gasteiger partial charge in [-0.15, -0.1) is 0 Å². The van der Waals surface area contributed by atoms with E-state index in [9.17, 15) is 0 Å². The largest absolute Gasteiger partial charge is 0.179 e. The Bertz CT molecular complexity index is 53.9. The van der Waals surface area contributed by atoms with Crippen LogP contribution in [0.25, 0.3) is 0 Å². The van der Waals surface area contributed by atoms with E-state index < -0.39 is 0 Å². The standard InChI is InChI=1S/C10H22S/c1-2-3-4-5-6-7-8-9-10-11/h11H,2-10H2,1H3. The Morgan fingerprint density at radius 2 is 1.18 bits per heavy atom. The second-order valence-electron chi connectivity index (χ2n) is 3.20. The summed E-state index contributed by atoms with van der Waals surface area (Å²) in [4.78, 5) is 0. The van der Waals surface area contributed by atoms with E-state index in [-0.39, 0.29) is 0 Å². The number of unbranched alkanes of at least 4 members (excludes halogenated alkanes) is 7. The zero-order valence-corrected chi connectivity index (χ0v) is 8.71. The van der Waals surface area contributed by atoms with Crippen LogP contribution in [0, 0.1) is 0 Å². The van der Waals surface area contributed by atoms with Crippen molar-refractivity contribution < 1.29 is 0 Å². The molecule has 0 fully saturated rings. The lowest BCUT2D eigenvalue weighted by Crippen LogP contribution is -1.80. The summed E-state index contributed by atoms with van der Waals surface area (Å²) in [6.07, 6.45) is 11.2. The van der Waals surface area contributed by atoms with Gasteiger partial charge in [-0.2, -0.15) is 12.6 Å². The van der Waals surface area contributed by atoms with E-state index >= 15 is 0 Å². The molecule has 0 nitrogen and oxygen atoms in total. The van der Waals surface area contributed by atoms with Crippen molar-refractivity contribution >= 4 is 12.6 Å². The zero-order chi connectivity index (χ0) is 8.36. The highest BCUT2D eigenvalue weighted by Crippen LogP contribution is 2.08. The van der Waals surface area contributed by atoms with E-state index in [4.69, 9.17) is 0 Å². The molecule has 0 atom stereocenters. The first-order valence-corrected chi connectivity index (χ1v) is 5.66. The lowest BCUT2D eigenvalue weighted by atomic mass is 10.1. The molecule has 0 rings (SSSR count). The van der Waals surface area contributed by atoms with Gasteiger partial charge < -0.3 is 0 Å². The van der Waals surface area contributed by atoms with Crippen molar-refractivity contribution in [2.45, 2.75) is 58.3 Å². The van der Waals surface area contributed by atoms with Gasteiger partial charge in [0.1, 0.15) is 0 Å². The summed E-state index contributed by atoms with van der Waals surface area (Å²) < 4.78 is 0. The SMILES string of the molecule is CCCCCCCCCCS. The van der Waals surface area contributed by atoms with Crippen molar-refractivity contribution in [3.8, 4) is 0 Å². The van der Waals surface area contributed by atoms with Gasteiger partial charge in [0.05, 0.1) is 0 Å². The van der Waals surface area contributed by atoms with Gasteiger partial charge in [0, 0.05) is 0 Å². The van der Waals surface area contributed by atoms with E-state index in [0.29, 0.717) is 0 Å². The molecule has 0 amide bonds. The Morgan fingerprint density at radius 1 is 0.727 bits per heavy atom. The third kappa shape index (κ3) is 10.4. The molecule has 0 saturated carbocycles. The van der Waals surface area contributed by atoms with Crippen LogP contribution in [0.15, 0.2) is 0 Å². The van der Waals surface area contributed by atoms with Gasteiger partial charge in [-0.25, -0.2) is 0 Å². The van der Waals surface area contributed by atoms with Crippen molar-refractivity contribution in [3.05, 3.63) is 0 Å². The van der Waals surface area contributed by atoms with Crippen molar-refractivity contribution in [3.63, 3.8) is 0 Å². The summed E-state index contributed by atoms with van der Waals surface area (Å²) in [5.41, 5.74) is 0. The fourth-order valence-corrected chi connectivity index (χ4v) is 1.47. The summed E-state index contributed by atoms with van der Waals surface area (Å²) in [5, 5.41) is 0. The number of hydrogen-bond acceptors (Lipinski definition) is 1. The number of thiol groups is 1. The van der Waals surface area contributed by atoms with Crippen molar-refractivity contribution in [2.24, 2.45) is 0 Å². The van der Waals surface area contributed by atoms with Crippen LogP contribution < -0.4 is 0 Å². The van der Waals surface area contributed by atoms with Crippen LogP contribution in [0.1, 0.15) is 58.3 Å². The smallest absolute Gasteiger partial charge is 0.00979 e. The first kappa shape index (κ1) is 11.4. The highest BCUT2D eigenvalue weighted by molar-refractivity contribution is 7.80. The molecule has 0 aromatic heterocycles. The van der Waals surface area contributed by atoms with Crippen molar-refractivity contribution in [1.82, 2.24) is 0 Å². The third-order valence-electron chi connectivity index (χ3n) is 2.01. The van der Waals surface area contributed by atoms with Crippen LogP contribution >= 0.6 is 12.6 Å². The van der Waals surface area contributed by atoms with Gasteiger partial charge in [0.2, 0.25) is 0 Å². The topological polar surface area (TPSA) is 0 Å². The van der Waals surface area contributed by atoms with Gasteiger partial charge in [-0.3, -0.25) is 0 Å². The molecule has 0 saturated heterocycles. The first-order valence-electron chi connectivity index (χ1n) is 5.02. The van der Waals surface area contributed by atoms with E-state index in [1.807, 2.05) is 0 Å². The maximum atomic E-state index is 4.18. The zero-order valence-electron chi connectivity index (χ0n) is 7.81. The average molecular weight is 174 g/mol. The first-order chi connectivity index (χ1) is 5.41. The van der Waals surface area contributed by atoms with E-state index in [1.165, 1.54) is 51.4 Å². The van der Waals surface area contributed by atoms with Crippen LogP contribution in [-0.2, 0) is 0 Å². The minimum atomic E-state index is 1.06. The highest BCUT2D eigenvalue weighted by atomic mass is 32.1. The molecule has 0 aliphatic rings. The molecule has 1 heteroatoms. The molecule has 0 aromatic rings. The van der Waals surface area contributed by atoms with Gasteiger partial charge >= 0.3 is 0 Å². The Labute approximate surface area is 77.2 Å². The lowest BCUT2D eigenvalue weighted by Gasteiger charge is -1.98. The fourth-order valence-electron chi connectivity index (χ4n) is 1.25. The number of hydrogen-bond donors (Lipinski definition) is 1. The summed E-state index contributed by atoms with van der Waals surface area (Å²) >= 11 is 4.18. The normalized spacial score (nSPS) is 10.4. The lowest BCUT2D eigenvalue weighted by molar-refractivity contribution is 0.586. The molecule has 0 aliphatic carbocycles. The Hall–Kier alpha value is 0.350. The average Bonchev–Trinajstić information content (AvgIpc) is 2.03.